The molecule has 0 bridgehead atoms. The first-order chi connectivity index (χ1) is 17.6. The summed E-state index contributed by atoms with van der Waals surface area (Å²) in [5.41, 5.74) is 4.57. The third kappa shape index (κ3) is 6.80. The maximum absolute atomic E-state index is 13.1. The van der Waals surface area contributed by atoms with Crippen LogP contribution >= 0.6 is 0 Å². The van der Waals surface area contributed by atoms with Crippen LogP contribution in [0.25, 0.3) is 0 Å². The van der Waals surface area contributed by atoms with Crippen molar-refractivity contribution in [2.45, 2.75) is 25.4 Å². The molecule has 0 radical (unpaired) electrons. The lowest BCUT2D eigenvalue weighted by atomic mass is 9.87. The molecule has 8 nitrogen and oxygen atoms in total. The van der Waals surface area contributed by atoms with Gasteiger partial charge >= 0.3 is 6.01 Å². The van der Waals surface area contributed by atoms with Crippen LogP contribution in [0.5, 0.6) is 11.8 Å². The molecule has 1 aliphatic rings. The first-order valence-corrected chi connectivity index (χ1v) is 12.3. The van der Waals surface area contributed by atoms with Crippen molar-refractivity contribution in [2.24, 2.45) is 5.92 Å². The van der Waals surface area contributed by atoms with Gasteiger partial charge < -0.3 is 25.0 Å². The van der Waals surface area contributed by atoms with Gasteiger partial charge in [0, 0.05) is 56.6 Å². The molecule has 1 aliphatic heterocycles. The molecule has 2 N–H and O–H groups in total. The highest BCUT2D eigenvalue weighted by atomic mass is 16.5. The third-order valence-electron chi connectivity index (χ3n) is 6.61. The van der Waals surface area contributed by atoms with E-state index in [-0.39, 0.29) is 17.7 Å². The van der Waals surface area contributed by atoms with Crippen LogP contribution in [0.15, 0.2) is 60.9 Å². The molecule has 2 atom stereocenters. The quantitative estimate of drug-likeness (QED) is 0.428. The molecular formula is C28H35N5O3. The number of hydrogen-bond acceptors (Lipinski definition) is 7. The lowest BCUT2D eigenvalue weighted by Gasteiger charge is -2.19. The van der Waals surface area contributed by atoms with E-state index >= 15 is 0 Å². The predicted octanol–water partition coefficient (Wildman–Crippen LogP) is 2.79. The number of likely N-dealkylation sites (tertiary alicyclic amines) is 1. The van der Waals surface area contributed by atoms with Gasteiger partial charge in [-0.1, -0.05) is 36.4 Å². The van der Waals surface area contributed by atoms with Crippen molar-refractivity contribution in [1.82, 2.24) is 25.5 Å². The van der Waals surface area contributed by atoms with Crippen LogP contribution in [0.1, 0.15) is 28.2 Å². The van der Waals surface area contributed by atoms with E-state index in [1.165, 1.54) is 16.7 Å². The first-order valence-electron chi connectivity index (χ1n) is 12.3. The second kappa shape index (κ2) is 12.5. The van der Waals surface area contributed by atoms with Crippen molar-refractivity contribution < 1.29 is 14.3 Å². The van der Waals surface area contributed by atoms with Gasteiger partial charge in [0.15, 0.2) is 0 Å². The Morgan fingerprint density at radius 1 is 0.972 bits per heavy atom. The van der Waals surface area contributed by atoms with Gasteiger partial charge in [0.1, 0.15) is 5.75 Å². The van der Waals surface area contributed by atoms with E-state index in [2.05, 4.69) is 56.8 Å². The number of hydrogen-bond donors (Lipinski definition) is 2. The molecule has 1 fully saturated rings. The van der Waals surface area contributed by atoms with Crippen molar-refractivity contribution in [3.05, 3.63) is 83.2 Å². The van der Waals surface area contributed by atoms with Gasteiger partial charge in [-0.15, -0.1) is 0 Å². The molecule has 1 amide bonds. The maximum Gasteiger partial charge on any atom is 0.316 e. The minimum Gasteiger partial charge on any atom is -0.497 e. The predicted molar refractivity (Wildman–Crippen MR) is 139 cm³/mol. The van der Waals surface area contributed by atoms with Gasteiger partial charge in [-0.3, -0.25) is 4.79 Å². The SMILES string of the molecule is COc1ccc(CCNC(=O)[C@H]2CN(C)C[C@H]2c2cccc(CNCc3cnc(OC)nc3)c2)cc1. The van der Waals surface area contributed by atoms with Crippen LogP contribution in [0, 0.1) is 5.92 Å². The van der Waals surface area contributed by atoms with Crippen molar-refractivity contribution in [1.29, 1.82) is 0 Å². The molecule has 0 spiro atoms. The minimum atomic E-state index is -0.0643. The molecule has 36 heavy (non-hydrogen) atoms. The Morgan fingerprint density at radius 2 is 1.72 bits per heavy atom. The van der Waals surface area contributed by atoms with E-state index in [0.717, 1.165) is 37.4 Å². The number of methoxy groups -OCH3 is 2. The summed E-state index contributed by atoms with van der Waals surface area (Å²) in [5.74, 6) is 1.07. The molecule has 190 valence electrons. The monoisotopic (exact) mass is 489 g/mol. The summed E-state index contributed by atoms with van der Waals surface area (Å²) in [4.78, 5) is 23.7. The molecule has 3 aromatic rings. The summed E-state index contributed by atoms with van der Waals surface area (Å²) >= 11 is 0. The Kier molecular flexibility index (Phi) is 8.86. The lowest BCUT2D eigenvalue weighted by Crippen LogP contribution is -2.35. The van der Waals surface area contributed by atoms with Crippen LogP contribution in [-0.2, 0) is 24.3 Å². The number of rotatable bonds is 11. The normalized spacial score (nSPS) is 17.6. The zero-order chi connectivity index (χ0) is 25.3. The summed E-state index contributed by atoms with van der Waals surface area (Å²) in [6.45, 7) is 3.65. The fourth-order valence-electron chi connectivity index (χ4n) is 4.68. The number of aromatic nitrogens is 2. The van der Waals surface area contributed by atoms with E-state index in [1.54, 1.807) is 26.6 Å². The summed E-state index contributed by atoms with van der Waals surface area (Å²) in [6, 6.07) is 16.9. The molecule has 0 aliphatic carbocycles. The fourth-order valence-corrected chi connectivity index (χ4v) is 4.68. The Labute approximate surface area is 213 Å². The Morgan fingerprint density at radius 3 is 2.44 bits per heavy atom. The summed E-state index contributed by atoms with van der Waals surface area (Å²) in [5, 5.41) is 6.62. The summed E-state index contributed by atoms with van der Waals surface area (Å²) in [7, 11) is 5.30. The van der Waals surface area contributed by atoms with Crippen LogP contribution in [0.3, 0.4) is 0 Å². The maximum atomic E-state index is 13.1. The first kappa shape index (κ1) is 25.6. The molecule has 0 saturated carbocycles. The van der Waals surface area contributed by atoms with Crippen molar-refractivity contribution in [3.63, 3.8) is 0 Å². The second-order valence-electron chi connectivity index (χ2n) is 9.25. The van der Waals surface area contributed by atoms with Crippen LogP contribution in [-0.4, -0.2) is 61.7 Å². The van der Waals surface area contributed by atoms with Gasteiger partial charge in [-0.25, -0.2) is 9.97 Å². The van der Waals surface area contributed by atoms with Crippen molar-refractivity contribution >= 4 is 5.91 Å². The molecule has 8 heteroatoms. The van der Waals surface area contributed by atoms with Crippen LogP contribution < -0.4 is 20.1 Å². The van der Waals surface area contributed by atoms with Crippen LogP contribution in [0.4, 0.5) is 0 Å². The van der Waals surface area contributed by atoms with E-state index in [1.807, 2.05) is 24.3 Å². The van der Waals surface area contributed by atoms with Crippen LogP contribution in [0.2, 0.25) is 0 Å². The zero-order valence-corrected chi connectivity index (χ0v) is 21.2. The Hall–Kier alpha value is -3.49. The average Bonchev–Trinajstić information content (AvgIpc) is 3.31. The number of nitrogens with one attached hydrogen (secondary N) is 2. The summed E-state index contributed by atoms with van der Waals surface area (Å²) < 4.78 is 10.2. The van der Waals surface area contributed by atoms with E-state index in [4.69, 9.17) is 9.47 Å². The standard InChI is InChI=1S/C28H35N5O3/c1-33-18-25(26(19-33)27(34)30-12-11-20-7-9-24(35-2)10-8-20)23-6-4-5-21(13-23)14-29-15-22-16-31-28(36-3)32-17-22/h4-10,13,16-17,25-26,29H,11-12,14-15,18-19H2,1-3H3,(H,30,34)/t25-,26-/m0/s1. The molecule has 1 saturated heterocycles. The number of nitrogens with zero attached hydrogens (tertiary/aromatic N) is 3. The number of ether oxygens (including phenoxy) is 2. The van der Waals surface area contributed by atoms with E-state index < -0.39 is 0 Å². The number of likely N-dealkylation sites (N-methyl/N-ethyl adjacent to an activating group) is 1. The molecule has 0 unspecified atom stereocenters. The Balaban J connectivity index is 1.31. The molecule has 2 heterocycles. The van der Waals surface area contributed by atoms with E-state index in [9.17, 15) is 4.79 Å². The van der Waals surface area contributed by atoms with Crippen molar-refractivity contribution in [3.8, 4) is 11.8 Å². The van der Waals surface area contributed by atoms with Gasteiger partial charge in [-0.05, 0) is 42.3 Å². The molecular weight excluding hydrogens is 454 g/mol. The number of benzene rings is 2. The van der Waals surface area contributed by atoms with Crippen molar-refractivity contribution in [2.75, 3.05) is 40.9 Å². The fraction of sp³-hybridized carbons (Fsp3) is 0.393. The molecule has 4 rings (SSSR count). The Bertz CT molecular complexity index is 1120. The van der Waals surface area contributed by atoms with Gasteiger partial charge in [0.25, 0.3) is 0 Å². The smallest absolute Gasteiger partial charge is 0.316 e. The third-order valence-corrected chi connectivity index (χ3v) is 6.61. The highest BCUT2D eigenvalue weighted by molar-refractivity contribution is 5.80. The van der Waals surface area contributed by atoms with Gasteiger partial charge in [0.05, 0.1) is 20.1 Å². The highest BCUT2D eigenvalue weighted by Gasteiger charge is 2.36. The highest BCUT2D eigenvalue weighted by Crippen LogP contribution is 2.32. The largest absolute Gasteiger partial charge is 0.497 e. The second-order valence-corrected chi connectivity index (χ2v) is 9.25. The van der Waals surface area contributed by atoms with E-state index in [0.29, 0.717) is 19.1 Å². The summed E-state index contributed by atoms with van der Waals surface area (Å²) in [6.07, 6.45) is 4.33. The minimum absolute atomic E-state index is 0.0643. The molecule has 2 aromatic carbocycles. The number of carbonyl (C=O) groups is 1. The van der Waals surface area contributed by atoms with Gasteiger partial charge in [0.2, 0.25) is 5.91 Å². The number of amides is 1. The average molecular weight is 490 g/mol. The lowest BCUT2D eigenvalue weighted by molar-refractivity contribution is -0.124. The van der Waals surface area contributed by atoms with Gasteiger partial charge in [-0.2, -0.15) is 0 Å². The molecule has 1 aromatic heterocycles. The number of carbonyl (C=O) groups excluding carboxylic acids is 1. The zero-order valence-electron chi connectivity index (χ0n) is 21.2. The topological polar surface area (TPSA) is 88.6 Å².